The largest absolute Gasteiger partial charge is 0.443 e. The quantitative estimate of drug-likeness (QED) is 0.608. The Hall–Kier alpha value is -2.66. The molecule has 5 heteroatoms. The summed E-state index contributed by atoms with van der Waals surface area (Å²) in [6.45, 7) is 8.30. The van der Waals surface area contributed by atoms with Crippen LogP contribution in [-0.2, 0) is 20.8 Å². The fraction of sp³-hybridized carbons (Fsp3) is 0.462. The number of carbonyl (C=O) groups excluding carboxylic acids is 2. The number of rotatable bonds is 5. The second-order valence-corrected chi connectivity index (χ2v) is 9.31. The molecule has 1 aliphatic rings. The summed E-state index contributed by atoms with van der Waals surface area (Å²) in [7, 11) is 0. The zero-order valence-electron chi connectivity index (χ0n) is 19.0. The van der Waals surface area contributed by atoms with E-state index >= 15 is 0 Å². The van der Waals surface area contributed by atoms with E-state index in [9.17, 15) is 9.59 Å². The summed E-state index contributed by atoms with van der Waals surface area (Å²) in [5.41, 5.74) is 2.57. The molecule has 0 bridgehead atoms. The number of benzene rings is 2. The molecule has 2 atom stereocenters. The fourth-order valence-electron chi connectivity index (χ4n) is 3.76. The van der Waals surface area contributed by atoms with Gasteiger partial charge in [-0.05, 0) is 57.6 Å². The van der Waals surface area contributed by atoms with E-state index < -0.39 is 11.7 Å². The number of hydrogen-bond acceptors (Lipinski definition) is 4. The molecule has 1 saturated heterocycles. The first-order valence-electron chi connectivity index (χ1n) is 11.0. The Morgan fingerprint density at radius 2 is 1.74 bits per heavy atom. The molecule has 5 nitrogen and oxygen atoms in total. The van der Waals surface area contributed by atoms with Crippen molar-refractivity contribution in [3.63, 3.8) is 0 Å². The van der Waals surface area contributed by atoms with Crippen LogP contribution in [0.4, 0.5) is 4.79 Å². The number of carbonyl (C=O) groups is 2. The van der Waals surface area contributed by atoms with Crippen LogP contribution in [0.25, 0.3) is 0 Å². The first kappa shape index (κ1) is 23.0. The predicted octanol–water partition coefficient (Wildman–Crippen LogP) is 5.82. The van der Waals surface area contributed by atoms with Crippen molar-refractivity contribution in [1.82, 2.24) is 4.90 Å². The Labute approximate surface area is 185 Å². The normalized spacial score (nSPS) is 19.0. The molecule has 2 aromatic carbocycles. The van der Waals surface area contributed by atoms with Gasteiger partial charge in [0.1, 0.15) is 5.60 Å². The monoisotopic (exact) mass is 423 g/mol. The highest BCUT2D eigenvalue weighted by molar-refractivity contribution is 5.92. The van der Waals surface area contributed by atoms with Gasteiger partial charge in [0, 0.05) is 13.0 Å². The molecule has 2 unspecified atom stereocenters. The lowest BCUT2D eigenvalue weighted by molar-refractivity contribution is -0.133. The van der Waals surface area contributed by atoms with Gasteiger partial charge in [0.2, 0.25) is 5.91 Å². The minimum absolute atomic E-state index is 0.0174. The van der Waals surface area contributed by atoms with E-state index in [2.05, 4.69) is 31.2 Å². The Bertz CT molecular complexity index is 871. The second kappa shape index (κ2) is 10.1. The van der Waals surface area contributed by atoms with Crippen LogP contribution >= 0.6 is 0 Å². The maximum absolute atomic E-state index is 13.2. The third-order valence-electron chi connectivity index (χ3n) is 5.40. The molecular weight excluding hydrogens is 390 g/mol. The van der Waals surface area contributed by atoms with Crippen LogP contribution in [0, 0.1) is 12.8 Å². The maximum atomic E-state index is 13.2. The summed E-state index contributed by atoms with van der Waals surface area (Å²) in [6.07, 6.45) is 1.27. The van der Waals surface area contributed by atoms with Crippen molar-refractivity contribution < 1.29 is 19.1 Å². The van der Waals surface area contributed by atoms with Crippen LogP contribution in [0.2, 0.25) is 0 Å². The number of imide groups is 1. The second-order valence-electron chi connectivity index (χ2n) is 9.31. The van der Waals surface area contributed by atoms with Crippen molar-refractivity contribution in [2.45, 2.75) is 65.2 Å². The van der Waals surface area contributed by atoms with Gasteiger partial charge in [0.25, 0.3) is 0 Å². The molecule has 0 saturated carbocycles. The van der Waals surface area contributed by atoms with E-state index in [1.807, 2.05) is 30.3 Å². The minimum Gasteiger partial charge on any atom is -0.443 e. The number of amides is 2. The van der Waals surface area contributed by atoms with Gasteiger partial charge in [0.15, 0.2) is 0 Å². The van der Waals surface area contributed by atoms with Gasteiger partial charge < -0.3 is 9.47 Å². The van der Waals surface area contributed by atoms with Gasteiger partial charge in [0.05, 0.1) is 12.6 Å². The van der Waals surface area contributed by atoms with Crippen LogP contribution in [0.3, 0.4) is 0 Å². The number of nitrogens with zero attached hydrogens (tertiary/aromatic N) is 1. The summed E-state index contributed by atoms with van der Waals surface area (Å²) in [5, 5.41) is 0. The third-order valence-corrected chi connectivity index (χ3v) is 5.40. The first-order chi connectivity index (χ1) is 14.7. The van der Waals surface area contributed by atoms with Gasteiger partial charge in [-0.3, -0.25) is 4.79 Å². The van der Waals surface area contributed by atoms with Crippen molar-refractivity contribution in [2.24, 2.45) is 5.92 Å². The molecule has 2 amide bonds. The molecule has 3 rings (SSSR count). The average molecular weight is 424 g/mol. The van der Waals surface area contributed by atoms with Gasteiger partial charge >= 0.3 is 6.09 Å². The molecule has 31 heavy (non-hydrogen) atoms. The Morgan fingerprint density at radius 3 is 2.39 bits per heavy atom. The van der Waals surface area contributed by atoms with Crippen LogP contribution in [0.5, 0.6) is 0 Å². The Morgan fingerprint density at radius 1 is 1.06 bits per heavy atom. The predicted molar refractivity (Wildman–Crippen MR) is 120 cm³/mol. The number of hydrogen-bond donors (Lipinski definition) is 0. The van der Waals surface area contributed by atoms with Gasteiger partial charge in [-0.2, -0.15) is 0 Å². The maximum Gasteiger partial charge on any atom is 0.417 e. The molecule has 0 radical (unpaired) electrons. The lowest BCUT2D eigenvalue weighted by Crippen LogP contribution is -2.41. The van der Waals surface area contributed by atoms with Gasteiger partial charge in [-0.15, -0.1) is 0 Å². The molecule has 0 aliphatic carbocycles. The molecule has 166 valence electrons. The fourth-order valence-corrected chi connectivity index (χ4v) is 3.76. The molecule has 1 aliphatic heterocycles. The Kier molecular flexibility index (Phi) is 7.50. The first-order valence-corrected chi connectivity index (χ1v) is 11.0. The SMILES string of the molecule is Cc1ccc(C2CC(CC(=O)N(Cc3ccccc3)C(=O)OC(C)(C)C)CCO2)cc1. The van der Waals surface area contributed by atoms with E-state index in [4.69, 9.17) is 9.47 Å². The minimum atomic E-state index is -0.665. The van der Waals surface area contributed by atoms with Gasteiger partial charge in [-0.1, -0.05) is 60.2 Å². The topological polar surface area (TPSA) is 55.8 Å². The highest BCUT2D eigenvalue weighted by Gasteiger charge is 2.31. The van der Waals surface area contributed by atoms with E-state index in [0.29, 0.717) is 13.0 Å². The van der Waals surface area contributed by atoms with Crippen molar-refractivity contribution in [1.29, 1.82) is 0 Å². The number of ether oxygens (including phenoxy) is 2. The lowest BCUT2D eigenvalue weighted by Gasteiger charge is -2.31. The average Bonchev–Trinajstić information content (AvgIpc) is 2.72. The summed E-state index contributed by atoms with van der Waals surface area (Å²) < 4.78 is 11.5. The molecule has 0 N–H and O–H groups in total. The van der Waals surface area contributed by atoms with E-state index in [1.165, 1.54) is 10.5 Å². The third kappa shape index (κ3) is 6.93. The lowest BCUT2D eigenvalue weighted by atomic mass is 9.89. The van der Waals surface area contributed by atoms with E-state index in [1.54, 1.807) is 20.8 Å². The summed E-state index contributed by atoms with van der Waals surface area (Å²) >= 11 is 0. The van der Waals surface area contributed by atoms with Crippen LogP contribution in [-0.4, -0.2) is 29.1 Å². The molecule has 0 aromatic heterocycles. The highest BCUT2D eigenvalue weighted by atomic mass is 16.6. The van der Waals surface area contributed by atoms with E-state index in [-0.39, 0.29) is 24.5 Å². The smallest absolute Gasteiger partial charge is 0.417 e. The molecule has 1 heterocycles. The molecule has 0 spiro atoms. The van der Waals surface area contributed by atoms with Crippen molar-refractivity contribution in [3.05, 3.63) is 71.3 Å². The summed E-state index contributed by atoms with van der Waals surface area (Å²) in [5.74, 6) is -0.0408. The number of aryl methyl sites for hydroxylation is 1. The van der Waals surface area contributed by atoms with E-state index in [0.717, 1.165) is 24.0 Å². The van der Waals surface area contributed by atoms with Crippen LogP contribution in [0.1, 0.15) is 62.8 Å². The van der Waals surface area contributed by atoms with Crippen molar-refractivity contribution in [3.8, 4) is 0 Å². The van der Waals surface area contributed by atoms with Gasteiger partial charge in [-0.25, -0.2) is 9.69 Å². The van der Waals surface area contributed by atoms with Crippen molar-refractivity contribution in [2.75, 3.05) is 6.61 Å². The zero-order valence-corrected chi connectivity index (χ0v) is 19.0. The summed E-state index contributed by atoms with van der Waals surface area (Å²) in [6, 6.07) is 17.9. The molecular formula is C26H33NO4. The summed E-state index contributed by atoms with van der Waals surface area (Å²) in [4.78, 5) is 27.3. The Balaban J connectivity index is 1.69. The van der Waals surface area contributed by atoms with Crippen LogP contribution < -0.4 is 0 Å². The van der Waals surface area contributed by atoms with Crippen molar-refractivity contribution >= 4 is 12.0 Å². The zero-order chi connectivity index (χ0) is 22.4. The highest BCUT2D eigenvalue weighted by Crippen LogP contribution is 2.34. The van der Waals surface area contributed by atoms with Crippen LogP contribution in [0.15, 0.2) is 54.6 Å². The standard InChI is InChI=1S/C26H33NO4/c1-19-10-12-22(13-11-19)23-16-21(14-15-30-23)17-24(28)27(25(29)31-26(2,3)4)18-20-8-6-5-7-9-20/h5-13,21,23H,14-18H2,1-4H3. The molecule has 2 aromatic rings. The molecule has 1 fully saturated rings.